The van der Waals surface area contributed by atoms with Crippen LogP contribution in [0.1, 0.15) is 23.6 Å². The summed E-state index contributed by atoms with van der Waals surface area (Å²) in [5, 5.41) is 0. The average molecular weight is 480 g/mol. The Labute approximate surface area is 207 Å². The number of hydrogen-bond acceptors (Lipinski definition) is 7. The number of ether oxygens (including phenoxy) is 6. The molecule has 0 aliphatic carbocycles. The van der Waals surface area contributed by atoms with Gasteiger partial charge in [-0.05, 0) is 43.2 Å². The molecule has 1 aliphatic heterocycles. The van der Waals surface area contributed by atoms with Gasteiger partial charge >= 0.3 is 0 Å². The van der Waals surface area contributed by atoms with E-state index >= 15 is 0 Å². The van der Waals surface area contributed by atoms with Gasteiger partial charge in [0, 0.05) is 30.8 Å². The first kappa shape index (κ1) is 24.5. The molecule has 3 aromatic carbocycles. The van der Waals surface area contributed by atoms with Gasteiger partial charge in [-0.25, -0.2) is 0 Å². The number of rotatable bonds is 12. The zero-order valence-corrected chi connectivity index (χ0v) is 20.8. The first-order valence-electron chi connectivity index (χ1n) is 11.8. The van der Waals surface area contributed by atoms with Crippen LogP contribution < -0.4 is 28.4 Å². The molecule has 1 aliphatic rings. The fraction of sp³-hybridized carbons (Fsp3) is 0.357. The Morgan fingerprint density at radius 3 is 2.31 bits per heavy atom. The van der Waals surface area contributed by atoms with Gasteiger partial charge in [0.1, 0.15) is 5.75 Å². The Morgan fingerprint density at radius 2 is 1.54 bits per heavy atom. The average Bonchev–Trinajstić information content (AvgIpc) is 3.36. The molecule has 0 saturated carbocycles. The Morgan fingerprint density at radius 1 is 0.771 bits per heavy atom. The molecule has 1 heterocycles. The molecule has 0 fully saturated rings. The zero-order chi connectivity index (χ0) is 24.6. The van der Waals surface area contributed by atoms with E-state index in [0.717, 1.165) is 47.9 Å². The largest absolute Gasteiger partial charge is 0.494 e. The second-order valence-electron chi connectivity index (χ2n) is 8.18. The van der Waals surface area contributed by atoms with Crippen molar-refractivity contribution in [3.8, 4) is 34.5 Å². The minimum Gasteiger partial charge on any atom is -0.494 e. The van der Waals surface area contributed by atoms with Gasteiger partial charge in [0.15, 0.2) is 23.0 Å². The minimum atomic E-state index is 0.276. The molecular weight excluding hydrogens is 446 g/mol. The summed E-state index contributed by atoms with van der Waals surface area (Å²) in [5.41, 5.74) is 3.35. The minimum absolute atomic E-state index is 0.276. The van der Waals surface area contributed by atoms with Crippen LogP contribution in [0.5, 0.6) is 34.5 Å². The second-order valence-corrected chi connectivity index (χ2v) is 8.18. The van der Waals surface area contributed by atoms with Crippen LogP contribution in [0.25, 0.3) is 0 Å². The van der Waals surface area contributed by atoms with Crippen LogP contribution in [-0.4, -0.2) is 46.2 Å². The molecule has 7 nitrogen and oxygen atoms in total. The van der Waals surface area contributed by atoms with E-state index in [1.54, 1.807) is 21.3 Å². The molecule has 0 saturated heterocycles. The van der Waals surface area contributed by atoms with Crippen LogP contribution >= 0.6 is 0 Å². The van der Waals surface area contributed by atoms with E-state index in [-0.39, 0.29) is 6.79 Å². The highest BCUT2D eigenvalue weighted by molar-refractivity contribution is 5.55. The maximum Gasteiger partial charge on any atom is 0.231 e. The fourth-order valence-electron chi connectivity index (χ4n) is 4.30. The van der Waals surface area contributed by atoms with Crippen molar-refractivity contribution in [2.45, 2.75) is 26.4 Å². The number of benzene rings is 3. The van der Waals surface area contributed by atoms with Crippen molar-refractivity contribution in [1.29, 1.82) is 0 Å². The number of fused-ring (bicyclic) bond motifs is 1. The molecule has 0 unspecified atom stereocenters. The predicted octanol–water partition coefficient (Wildman–Crippen LogP) is 5.08. The standard InChI is InChI=1S/C28H33NO6/c1-5-33-23-9-7-6-8-21(23)17-29(15-14-20-10-12-24-26(16-20)35-19-34-24)18-22-11-13-25(30-2)28(32-4)27(22)31-3/h6-13,16H,5,14-15,17-19H2,1-4H3. The van der Waals surface area contributed by atoms with Gasteiger partial charge in [0.25, 0.3) is 0 Å². The smallest absolute Gasteiger partial charge is 0.231 e. The van der Waals surface area contributed by atoms with Crippen LogP contribution in [0.15, 0.2) is 54.6 Å². The van der Waals surface area contributed by atoms with Crippen LogP contribution in [0.3, 0.4) is 0 Å². The zero-order valence-electron chi connectivity index (χ0n) is 20.8. The summed E-state index contributed by atoms with van der Waals surface area (Å²) in [6.07, 6.45) is 0.850. The summed E-state index contributed by atoms with van der Waals surface area (Å²) in [6, 6.07) is 18.3. The molecule has 3 aromatic rings. The van der Waals surface area contributed by atoms with E-state index in [1.165, 1.54) is 5.56 Å². The summed E-state index contributed by atoms with van der Waals surface area (Å²) in [4.78, 5) is 2.38. The van der Waals surface area contributed by atoms with Gasteiger partial charge in [0.2, 0.25) is 12.5 Å². The quantitative estimate of drug-likeness (QED) is 0.359. The lowest BCUT2D eigenvalue weighted by Gasteiger charge is -2.25. The van der Waals surface area contributed by atoms with Crippen molar-refractivity contribution in [3.63, 3.8) is 0 Å². The predicted molar refractivity (Wildman–Crippen MR) is 134 cm³/mol. The highest BCUT2D eigenvalue weighted by Gasteiger charge is 2.20. The Hall–Kier alpha value is -3.58. The fourth-order valence-corrected chi connectivity index (χ4v) is 4.30. The third-order valence-electron chi connectivity index (χ3n) is 6.00. The summed E-state index contributed by atoms with van der Waals surface area (Å²) >= 11 is 0. The van der Waals surface area contributed by atoms with Gasteiger partial charge in [-0.1, -0.05) is 30.3 Å². The molecule has 7 heteroatoms. The van der Waals surface area contributed by atoms with Crippen molar-refractivity contribution in [1.82, 2.24) is 4.90 Å². The molecule has 4 rings (SSSR count). The van der Waals surface area contributed by atoms with E-state index < -0.39 is 0 Å². The number of para-hydroxylation sites is 1. The monoisotopic (exact) mass is 479 g/mol. The normalized spacial score (nSPS) is 12.0. The van der Waals surface area contributed by atoms with Gasteiger partial charge in [-0.3, -0.25) is 4.90 Å². The first-order chi connectivity index (χ1) is 17.2. The van der Waals surface area contributed by atoms with Crippen molar-refractivity contribution in [2.24, 2.45) is 0 Å². The third kappa shape index (κ3) is 5.74. The van der Waals surface area contributed by atoms with Crippen LogP contribution in [-0.2, 0) is 19.5 Å². The Bertz CT molecular complexity index is 1130. The highest BCUT2D eigenvalue weighted by Crippen LogP contribution is 2.40. The topological polar surface area (TPSA) is 58.6 Å². The summed E-state index contributed by atoms with van der Waals surface area (Å²) in [6.45, 7) is 5.10. The second kappa shape index (κ2) is 11.7. The van der Waals surface area contributed by atoms with E-state index in [9.17, 15) is 0 Å². The van der Waals surface area contributed by atoms with Crippen LogP contribution in [0.4, 0.5) is 0 Å². The molecule has 0 N–H and O–H groups in total. The van der Waals surface area contributed by atoms with Crippen molar-refractivity contribution < 1.29 is 28.4 Å². The third-order valence-corrected chi connectivity index (χ3v) is 6.00. The van der Waals surface area contributed by atoms with E-state index in [4.69, 9.17) is 28.4 Å². The number of hydrogen-bond donors (Lipinski definition) is 0. The SMILES string of the molecule is CCOc1ccccc1CN(CCc1ccc2c(c1)OCO2)Cc1ccc(OC)c(OC)c1OC. The molecule has 35 heavy (non-hydrogen) atoms. The number of methoxy groups -OCH3 is 3. The summed E-state index contributed by atoms with van der Waals surface area (Å²) < 4.78 is 33.7. The molecule has 186 valence electrons. The Balaban J connectivity index is 1.60. The lowest BCUT2D eigenvalue weighted by Crippen LogP contribution is -2.26. The van der Waals surface area contributed by atoms with Gasteiger partial charge < -0.3 is 28.4 Å². The van der Waals surface area contributed by atoms with E-state index in [2.05, 4.69) is 23.1 Å². The molecule has 0 amide bonds. The summed E-state index contributed by atoms with van der Waals surface area (Å²) in [5.74, 6) is 4.42. The molecule has 0 bridgehead atoms. The van der Waals surface area contributed by atoms with Gasteiger partial charge in [-0.2, -0.15) is 0 Å². The van der Waals surface area contributed by atoms with Gasteiger partial charge in [0.05, 0.1) is 27.9 Å². The van der Waals surface area contributed by atoms with Crippen molar-refractivity contribution in [2.75, 3.05) is 41.3 Å². The lowest BCUT2D eigenvalue weighted by atomic mass is 10.1. The molecule has 0 atom stereocenters. The molecule has 0 spiro atoms. The molecule has 0 aromatic heterocycles. The molecular formula is C28H33NO6. The number of nitrogens with zero attached hydrogens (tertiary/aromatic N) is 1. The maximum atomic E-state index is 5.89. The lowest BCUT2D eigenvalue weighted by molar-refractivity contribution is 0.174. The Kier molecular flexibility index (Phi) is 8.21. The highest BCUT2D eigenvalue weighted by atomic mass is 16.7. The van der Waals surface area contributed by atoms with Crippen LogP contribution in [0.2, 0.25) is 0 Å². The molecule has 0 radical (unpaired) electrons. The van der Waals surface area contributed by atoms with Crippen molar-refractivity contribution in [3.05, 3.63) is 71.3 Å². The van der Waals surface area contributed by atoms with E-state index in [0.29, 0.717) is 30.4 Å². The van der Waals surface area contributed by atoms with E-state index in [1.807, 2.05) is 43.3 Å². The maximum absolute atomic E-state index is 5.89. The first-order valence-corrected chi connectivity index (χ1v) is 11.8. The van der Waals surface area contributed by atoms with Crippen molar-refractivity contribution >= 4 is 0 Å². The van der Waals surface area contributed by atoms with Gasteiger partial charge in [-0.15, -0.1) is 0 Å². The summed E-state index contributed by atoms with van der Waals surface area (Å²) in [7, 11) is 4.90. The van der Waals surface area contributed by atoms with Crippen LogP contribution in [0, 0.1) is 0 Å².